The molecule has 108 valence electrons. The maximum atomic E-state index is 11.6. The van der Waals surface area contributed by atoms with Crippen molar-refractivity contribution in [2.75, 3.05) is 0 Å². The van der Waals surface area contributed by atoms with Gasteiger partial charge in [-0.1, -0.05) is 30.8 Å². The molecule has 2 aromatic rings. The molecule has 1 aliphatic rings. The van der Waals surface area contributed by atoms with Gasteiger partial charge in [0.15, 0.2) is 0 Å². The summed E-state index contributed by atoms with van der Waals surface area (Å²) in [6.07, 6.45) is 3.23. The molecule has 0 unspecified atom stereocenters. The number of nitrogens with one attached hydrogen (secondary N) is 1. The lowest BCUT2D eigenvalue weighted by molar-refractivity contribution is -0.117. The summed E-state index contributed by atoms with van der Waals surface area (Å²) in [7, 11) is 0. The number of rotatable bonds is 3. The van der Waals surface area contributed by atoms with Gasteiger partial charge in [-0.2, -0.15) is 0 Å². The number of carbonyl (C=O) groups is 1. The van der Waals surface area contributed by atoms with Crippen molar-refractivity contribution in [3.05, 3.63) is 69.9 Å². The molecule has 1 amide bonds. The first-order chi connectivity index (χ1) is 10.2. The Morgan fingerprint density at radius 3 is 2.90 bits per heavy atom. The van der Waals surface area contributed by atoms with Crippen LogP contribution in [0.15, 0.2) is 48.4 Å². The highest BCUT2D eigenvalue weighted by atomic mass is 32.1. The Kier molecular flexibility index (Phi) is 3.93. The van der Waals surface area contributed by atoms with E-state index in [0.29, 0.717) is 5.92 Å². The van der Waals surface area contributed by atoms with E-state index in [1.54, 1.807) is 11.3 Å². The van der Waals surface area contributed by atoms with E-state index in [1.807, 2.05) is 0 Å². The summed E-state index contributed by atoms with van der Waals surface area (Å²) in [5, 5.41) is 5.23. The molecule has 1 heterocycles. The number of amides is 1. The molecule has 1 aliphatic carbocycles. The lowest BCUT2D eigenvalue weighted by atomic mass is 9.79. The van der Waals surface area contributed by atoms with Gasteiger partial charge in [0.05, 0.1) is 0 Å². The molecule has 0 radical (unpaired) electrons. The molecule has 0 bridgehead atoms. The van der Waals surface area contributed by atoms with Crippen LogP contribution in [-0.4, -0.2) is 11.9 Å². The van der Waals surface area contributed by atoms with E-state index in [2.05, 4.69) is 54.5 Å². The molecule has 0 saturated carbocycles. The van der Waals surface area contributed by atoms with Gasteiger partial charge in [0.25, 0.3) is 0 Å². The summed E-state index contributed by atoms with van der Waals surface area (Å²) < 4.78 is 0. The fourth-order valence-corrected chi connectivity index (χ4v) is 4.21. The van der Waals surface area contributed by atoms with Crippen LogP contribution in [0.4, 0.5) is 0 Å². The van der Waals surface area contributed by atoms with Crippen LogP contribution in [0.1, 0.15) is 33.9 Å². The topological polar surface area (TPSA) is 29.1 Å². The number of benzene rings is 1. The molecule has 21 heavy (non-hydrogen) atoms. The van der Waals surface area contributed by atoms with Crippen molar-refractivity contribution in [2.24, 2.45) is 0 Å². The van der Waals surface area contributed by atoms with Crippen LogP contribution in [-0.2, 0) is 11.2 Å². The van der Waals surface area contributed by atoms with E-state index in [9.17, 15) is 4.79 Å². The molecule has 3 rings (SSSR count). The van der Waals surface area contributed by atoms with E-state index in [0.717, 1.165) is 12.8 Å². The van der Waals surface area contributed by atoms with Crippen LogP contribution in [0.3, 0.4) is 0 Å². The zero-order chi connectivity index (χ0) is 14.8. The van der Waals surface area contributed by atoms with Gasteiger partial charge in [-0.15, -0.1) is 11.3 Å². The average Bonchev–Trinajstić information content (AvgIpc) is 2.95. The van der Waals surface area contributed by atoms with Gasteiger partial charge in [0.1, 0.15) is 0 Å². The highest BCUT2D eigenvalue weighted by Gasteiger charge is 2.30. The van der Waals surface area contributed by atoms with Crippen LogP contribution < -0.4 is 5.32 Å². The molecular formula is C18H19NOS. The molecule has 2 nitrogen and oxygen atoms in total. The van der Waals surface area contributed by atoms with E-state index in [4.69, 9.17) is 0 Å². The first-order valence-electron chi connectivity index (χ1n) is 7.23. The highest BCUT2D eigenvalue weighted by Crippen LogP contribution is 2.40. The van der Waals surface area contributed by atoms with Crippen LogP contribution in [0.2, 0.25) is 0 Å². The minimum absolute atomic E-state index is 0.0801. The second kappa shape index (κ2) is 5.86. The Morgan fingerprint density at radius 1 is 1.33 bits per heavy atom. The van der Waals surface area contributed by atoms with Crippen molar-refractivity contribution in [3.63, 3.8) is 0 Å². The van der Waals surface area contributed by atoms with Crippen molar-refractivity contribution in [2.45, 2.75) is 31.7 Å². The number of hydrogen-bond acceptors (Lipinski definition) is 2. The minimum Gasteiger partial charge on any atom is -0.349 e. The van der Waals surface area contributed by atoms with E-state index < -0.39 is 0 Å². The fraction of sp³-hybridized carbons (Fsp3) is 0.278. The Hall–Kier alpha value is -1.87. The van der Waals surface area contributed by atoms with Crippen LogP contribution in [0.5, 0.6) is 0 Å². The molecule has 3 heteroatoms. The summed E-state index contributed by atoms with van der Waals surface area (Å²) in [5.41, 5.74) is 4.11. The van der Waals surface area contributed by atoms with Crippen LogP contribution in [0, 0.1) is 6.92 Å². The summed E-state index contributed by atoms with van der Waals surface area (Å²) >= 11 is 1.79. The summed E-state index contributed by atoms with van der Waals surface area (Å²) in [5.74, 6) is 0.292. The lowest BCUT2D eigenvalue weighted by Gasteiger charge is -2.31. The fourth-order valence-electron chi connectivity index (χ4n) is 3.19. The number of fused-ring (bicyclic) bond motifs is 1. The molecule has 2 atom stereocenters. The predicted octanol–water partition coefficient (Wildman–Crippen LogP) is 3.81. The second-order valence-corrected chi connectivity index (χ2v) is 6.56. The van der Waals surface area contributed by atoms with Gasteiger partial charge in [0, 0.05) is 23.3 Å². The van der Waals surface area contributed by atoms with Gasteiger partial charge >= 0.3 is 0 Å². The zero-order valence-electron chi connectivity index (χ0n) is 12.1. The van der Waals surface area contributed by atoms with E-state index >= 15 is 0 Å². The van der Waals surface area contributed by atoms with E-state index in [1.165, 1.54) is 27.6 Å². The van der Waals surface area contributed by atoms with Crippen LogP contribution >= 0.6 is 11.3 Å². The van der Waals surface area contributed by atoms with Crippen molar-refractivity contribution in [1.29, 1.82) is 0 Å². The van der Waals surface area contributed by atoms with Gasteiger partial charge in [0.2, 0.25) is 5.91 Å². The first kappa shape index (κ1) is 14.1. The number of hydrogen-bond donors (Lipinski definition) is 1. The smallest absolute Gasteiger partial charge is 0.243 e. The maximum Gasteiger partial charge on any atom is 0.243 e. The average molecular weight is 297 g/mol. The molecular weight excluding hydrogens is 278 g/mol. The summed E-state index contributed by atoms with van der Waals surface area (Å²) in [6.45, 7) is 5.70. The highest BCUT2D eigenvalue weighted by molar-refractivity contribution is 7.10. The monoisotopic (exact) mass is 297 g/mol. The quantitative estimate of drug-likeness (QED) is 0.858. The Bertz CT molecular complexity index is 673. The van der Waals surface area contributed by atoms with Crippen LogP contribution in [0.25, 0.3) is 0 Å². The Labute approximate surface area is 129 Å². The Balaban J connectivity index is 1.95. The molecule has 1 N–H and O–H groups in total. The molecule has 1 aromatic heterocycles. The summed E-state index contributed by atoms with van der Waals surface area (Å²) in [4.78, 5) is 13.0. The minimum atomic E-state index is -0.0801. The van der Waals surface area contributed by atoms with Crippen molar-refractivity contribution >= 4 is 17.2 Å². The predicted molar refractivity (Wildman–Crippen MR) is 87.8 cm³/mol. The molecule has 1 aromatic carbocycles. The van der Waals surface area contributed by atoms with E-state index in [-0.39, 0.29) is 11.9 Å². The standard InChI is InChI=1S/C18H19NOS/c1-3-18(20)19-13-10-16(14-7-5-4-6-12(14)2)15-8-9-21-17(15)11-13/h3-9,13,16H,1,10-11H2,2H3,(H,19,20)/t13-,16-/m0/s1. The number of thiophene rings is 1. The molecule has 0 spiro atoms. The number of carbonyl (C=O) groups excluding carboxylic acids is 1. The third-order valence-electron chi connectivity index (χ3n) is 4.20. The summed E-state index contributed by atoms with van der Waals surface area (Å²) in [6, 6.07) is 11.0. The van der Waals surface area contributed by atoms with Gasteiger partial charge in [-0.25, -0.2) is 0 Å². The zero-order valence-corrected chi connectivity index (χ0v) is 13.0. The lowest BCUT2D eigenvalue weighted by Crippen LogP contribution is -2.39. The van der Waals surface area contributed by atoms with Crippen molar-refractivity contribution in [1.82, 2.24) is 5.32 Å². The van der Waals surface area contributed by atoms with Gasteiger partial charge in [-0.3, -0.25) is 4.79 Å². The third-order valence-corrected chi connectivity index (χ3v) is 5.16. The number of aryl methyl sites for hydroxylation is 1. The Morgan fingerprint density at radius 2 is 2.14 bits per heavy atom. The molecule has 0 aliphatic heterocycles. The maximum absolute atomic E-state index is 11.6. The van der Waals surface area contributed by atoms with Gasteiger partial charge in [-0.05, 0) is 47.6 Å². The molecule has 0 fully saturated rings. The van der Waals surface area contributed by atoms with Gasteiger partial charge < -0.3 is 5.32 Å². The van der Waals surface area contributed by atoms with Crippen molar-refractivity contribution in [3.8, 4) is 0 Å². The normalized spacial score (nSPS) is 20.6. The second-order valence-electron chi connectivity index (χ2n) is 5.56. The third kappa shape index (κ3) is 2.79. The van der Waals surface area contributed by atoms with Crippen molar-refractivity contribution < 1.29 is 4.79 Å². The SMILES string of the molecule is C=CC(=O)N[C@@H]1Cc2sccc2[C@H](c2ccccc2C)C1. The molecule has 0 saturated heterocycles. The first-order valence-corrected chi connectivity index (χ1v) is 8.11. The largest absolute Gasteiger partial charge is 0.349 e.